The number of ether oxygens (including phenoxy) is 4. The molecule has 21 heteroatoms. The van der Waals surface area contributed by atoms with Crippen LogP contribution >= 0.6 is 10.3 Å². The normalized spacial score (nSPS) is 13.8. The average molecular weight is 838 g/mol. The molecule has 0 aliphatic rings. The smallest absolute Gasteiger partial charge is 0.428 e. The molecule has 0 aliphatic carbocycles. The lowest BCUT2D eigenvalue weighted by molar-refractivity contribution is -0.382. The standard InChI is InChI=1S/C34H36F9NO9S2/c1-29(2,3)51-27(45)49-22-11-9-13-25(19-22)54(24-17-15-21(16-18-24)44(7)8,26-14-10-12-23(20-26)50-28(46)52-30(4,5)6)53-55(47,48)34(42,43)32(37,38)31(35,36)33(39,40)41/h9-20H,1-8H3. The van der Waals surface area contributed by atoms with Crippen LogP contribution in [0.1, 0.15) is 41.5 Å². The second kappa shape index (κ2) is 15.3. The van der Waals surface area contributed by atoms with Gasteiger partial charge in [-0.3, -0.25) is 0 Å². The summed E-state index contributed by atoms with van der Waals surface area (Å²) in [5, 5.41) is -7.28. The highest BCUT2D eigenvalue weighted by Gasteiger charge is 2.86. The number of benzene rings is 3. The molecule has 0 spiro atoms. The van der Waals surface area contributed by atoms with Crippen LogP contribution in [0.3, 0.4) is 0 Å². The minimum atomic E-state index is -7.65. The molecular weight excluding hydrogens is 801 g/mol. The highest BCUT2D eigenvalue weighted by Crippen LogP contribution is 2.72. The third-order valence-corrected chi connectivity index (χ3v) is 12.0. The van der Waals surface area contributed by atoms with Crippen LogP contribution in [0, 0.1) is 0 Å². The van der Waals surface area contributed by atoms with E-state index in [1.807, 2.05) is 0 Å². The SMILES string of the molecule is CN(C)c1ccc(S(OS(=O)(=O)C(F)(F)C(F)(F)C(F)(F)C(F)(F)F)(c2cccc(OC(=O)OC(C)(C)C)c2)c2cccc(OC(=O)OC(C)(C)C)c2)cc1. The van der Waals surface area contributed by atoms with Crippen LogP contribution in [0.2, 0.25) is 0 Å². The van der Waals surface area contributed by atoms with E-state index in [4.69, 9.17) is 22.6 Å². The van der Waals surface area contributed by atoms with Crippen molar-refractivity contribution in [1.82, 2.24) is 0 Å². The van der Waals surface area contributed by atoms with Crippen molar-refractivity contribution in [2.45, 2.75) is 90.7 Å². The number of alkyl halides is 9. The van der Waals surface area contributed by atoms with Crippen LogP contribution < -0.4 is 14.4 Å². The van der Waals surface area contributed by atoms with Gasteiger partial charge in [0, 0.05) is 34.5 Å². The Morgan fingerprint density at radius 2 is 0.982 bits per heavy atom. The second-order valence-electron chi connectivity index (χ2n) is 13.7. The number of carbonyl (C=O) groups excluding carboxylic acids is 2. The number of halogens is 9. The summed E-state index contributed by atoms with van der Waals surface area (Å²) in [7, 11) is -9.14. The van der Waals surface area contributed by atoms with E-state index >= 15 is 8.78 Å². The van der Waals surface area contributed by atoms with E-state index < -0.39 is 93.4 Å². The van der Waals surface area contributed by atoms with Gasteiger partial charge in [-0.25, -0.2) is 13.2 Å². The summed E-state index contributed by atoms with van der Waals surface area (Å²) in [6.45, 7) is 8.84. The van der Waals surface area contributed by atoms with E-state index in [1.54, 1.807) is 14.1 Å². The number of hydrogen-bond donors (Lipinski definition) is 0. The highest BCUT2D eigenvalue weighted by atomic mass is 32.3. The topological polar surface area (TPSA) is 118 Å². The van der Waals surface area contributed by atoms with Gasteiger partial charge in [0.25, 0.3) is 0 Å². The Morgan fingerprint density at radius 1 is 0.582 bits per heavy atom. The predicted octanol–water partition coefficient (Wildman–Crippen LogP) is 10.3. The Kier molecular flexibility index (Phi) is 12.5. The summed E-state index contributed by atoms with van der Waals surface area (Å²) in [6.07, 6.45) is -10.0. The van der Waals surface area contributed by atoms with E-state index in [0.717, 1.165) is 60.7 Å². The van der Waals surface area contributed by atoms with Crippen LogP contribution in [0.25, 0.3) is 0 Å². The van der Waals surface area contributed by atoms with Crippen LogP contribution in [0.5, 0.6) is 11.5 Å². The summed E-state index contributed by atoms with van der Waals surface area (Å²) < 4.78 is 180. The molecule has 0 amide bonds. The Balaban J connectivity index is 2.48. The molecule has 0 fully saturated rings. The van der Waals surface area contributed by atoms with E-state index in [-0.39, 0.29) is 0 Å². The van der Waals surface area contributed by atoms with Crippen LogP contribution in [0.4, 0.5) is 54.8 Å². The van der Waals surface area contributed by atoms with Crippen molar-refractivity contribution < 1.29 is 80.1 Å². The number of hydrogen-bond acceptors (Lipinski definition) is 10. The number of anilines is 1. The maximum Gasteiger partial charge on any atom is 0.514 e. The van der Waals surface area contributed by atoms with Crippen molar-refractivity contribution in [1.29, 1.82) is 0 Å². The molecule has 0 saturated carbocycles. The number of nitrogens with zero attached hydrogens (tertiary/aromatic N) is 1. The zero-order valence-corrected chi connectivity index (χ0v) is 31.9. The van der Waals surface area contributed by atoms with Gasteiger partial charge in [-0.15, -0.1) is 0 Å². The molecule has 0 unspecified atom stereocenters. The van der Waals surface area contributed by atoms with Crippen molar-refractivity contribution in [3.05, 3.63) is 72.8 Å². The van der Waals surface area contributed by atoms with Crippen molar-refractivity contribution in [3.63, 3.8) is 0 Å². The van der Waals surface area contributed by atoms with Crippen molar-refractivity contribution in [2.24, 2.45) is 0 Å². The summed E-state index contributed by atoms with van der Waals surface area (Å²) >= 11 is 0. The molecule has 3 aromatic carbocycles. The van der Waals surface area contributed by atoms with E-state index in [0.29, 0.717) is 5.69 Å². The Morgan fingerprint density at radius 3 is 1.33 bits per heavy atom. The van der Waals surface area contributed by atoms with Gasteiger partial charge < -0.3 is 23.8 Å². The first-order valence-electron chi connectivity index (χ1n) is 15.6. The van der Waals surface area contributed by atoms with Gasteiger partial charge in [-0.05, 0) is 113 Å². The van der Waals surface area contributed by atoms with Gasteiger partial charge >= 0.3 is 45.7 Å². The summed E-state index contributed by atoms with van der Waals surface area (Å²) in [6, 6.07) is 12.6. The maximum atomic E-state index is 15.5. The third-order valence-electron chi connectivity index (χ3n) is 6.76. The molecule has 0 aromatic heterocycles. The molecule has 0 aliphatic heterocycles. The second-order valence-corrected chi connectivity index (χ2v) is 18.2. The van der Waals surface area contributed by atoms with Crippen molar-refractivity contribution >= 4 is 38.4 Å². The fourth-order valence-corrected chi connectivity index (χ4v) is 9.57. The molecular formula is C34H36F9NO9S2. The largest absolute Gasteiger partial charge is 0.514 e. The first kappa shape index (κ1) is 45.0. The first-order valence-corrected chi connectivity index (χ1v) is 18.5. The highest BCUT2D eigenvalue weighted by molar-refractivity contribution is 8.33. The molecule has 306 valence electrons. The molecule has 55 heavy (non-hydrogen) atoms. The fraction of sp³-hybridized carbons (Fsp3) is 0.412. The zero-order chi connectivity index (χ0) is 42.2. The van der Waals surface area contributed by atoms with Gasteiger partial charge in [0.15, 0.2) is 0 Å². The number of carbonyl (C=O) groups is 2. The Hall–Kier alpha value is -4.37. The molecule has 0 radical (unpaired) electrons. The minimum absolute atomic E-state index is 0.380. The lowest BCUT2D eigenvalue weighted by atomic mass is 10.1. The molecule has 0 N–H and O–H groups in total. The fourth-order valence-electron chi connectivity index (χ4n) is 4.32. The molecule has 10 nitrogen and oxygen atoms in total. The van der Waals surface area contributed by atoms with Gasteiger partial charge in [0.2, 0.25) is 0 Å². The van der Waals surface area contributed by atoms with Gasteiger partial charge in [0.05, 0.1) is 0 Å². The van der Waals surface area contributed by atoms with Crippen LogP contribution in [-0.2, 0) is 23.2 Å². The quantitative estimate of drug-likeness (QED) is 0.105. The van der Waals surface area contributed by atoms with E-state index in [2.05, 4.69) is 0 Å². The molecule has 3 aromatic rings. The minimum Gasteiger partial charge on any atom is -0.428 e. The molecule has 3 rings (SSSR count). The van der Waals surface area contributed by atoms with Gasteiger partial charge in [0.1, 0.15) is 22.7 Å². The lowest BCUT2D eigenvalue weighted by Crippen LogP contribution is -2.63. The van der Waals surface area contributed by atoms with E-state index in [1.165, 1.54) is 58.6 Å². The molecule has 0 saturated heterocycles. The zero-order valence-electron chi connectivity index (χ0n) is 30.3. The summed E-state index contributed by atoms with van der Waals surface area (Å²) in [5.74, 6) is -16.2. The summed E-state index contributed by atoms with van der Waals surface area (Å²) in [5.41, 5.74) is -1.84. The van der Waals surface area contributed by atoms with Crippen LogP contribution in [-0.4, -0.2) is 69.3 Å². The maximum absolute atomic E-state index is 15.5. The molecule has 0 heterocycles. The van der Waals surface area contributed by atoms with Crippen molar-refractivity contribution in [2.75, 3.05) is 19.0 Å². The summed E-state index contributed by atoms with van der Waals surface area (Å²) in [4.78, 5) is 25.0. The lowest BCUT2D eigenvalue weighted by Gasteiger charge is -2.41. The molecule has 0 bridgehead atoms. The predicted molar refractivity (Wildman–Crippen MR) is 181 cm³/mol. The van der Waals surface area contributed by atoms with Gasteiger partial charge in [-0.1, -0.05) is 12.1 Å². The Labute approximate surface area is 312 Å². The first-order chi connectivity index (χ1) is 24.8. The monoisotopic (exact) mass is 837 g/mol. The number of rotatable bonds is 11. The third kappa shape index (κ3) is 9.72. The average Bonchev–Trinajstić information content (AvgIpc) is 3.01. The Bertz CT molecular complexity index is 1900. The molecule has 0 atom stereocenters. The van der Waals surface area contributed by atoms with E-state index in [9.17, 15) is 48.7 Å². The van der Waals surface area contributed by atoms with Crippen molar-refractivity contribution in [3.8, 4) is 11.5 Å². The van der Waals surface area contributed by atoms with Crippen LogP contribution in [0.15, 0.2) is 87.5 Å². The van der Waals surface area contributed by atoms with Gasteiger partial charge in [-0.2, -0.15) is 47.9 Å².